The van der Waals surface area contributed by atoms with Gasteiger partial charge in [-0.2, -0.15) is 10.2 Å². The van der Waals surface area contributed by atoms with Crippen LogP contribution in [-0.2, 0) is 0 Å². The van der Waals surface area contributed by atoms with Crippen LogP contribution in [0.15, 0.2) is 64.3 Å². The lowest BCUT2D eigenvalue weighted by molar-refractivity contribution is 0.104. The number of hydrogen-bond donors (Lipinski definition) is 1. The van der Waals surface area contributed by atoms with Crippen molar-refractivity contribution in [1.82, 2.24) is 0 Å². The molecule has 0 heterocycles. The van der Waals surface area contributed by atoms with Crippen molar-refractivity contribution < 1.29 is 9.90 Å². The Labute approximate surface area is 132 Å². The molecular weight excluding hydrogens is 300 g/mol. The first kappa shape index (κ1) is 14.2. The van der Waals surface area contributed by atoms with Gasteiger partial charge in [0.25, 0.3) is 0 Å². The molecule has 108 valence electrons. The highest BCUT2D eigenvalue weighted by atomic mass is 35.5. The summed E-state index contributed by atoms with van der Waals surface area (Å²) in [5.41, 5.74) is 1.98. The maximum absolute atomic E-state index is 12.1. The van der Waals surface area contributed by atoms with E-state index in [1.165, 1.54) is 12.4 Å². The van der Waals surface area contributed by atoms with E-state index in [0.29, 0.717) is 16.1 Å². The van der Waals surface area contributed by atoms with Crippen LogP contribution < -0.4 is 0 Å². The lowest BCUT2D eigenvalue weighted by Gasteiger charge is -1.95. The summed E-state index contributed by atoms with van der Waals surface area (Å²) in [6.07, 6.45) is 2.81. The molecule has 0 aromatic heterocycles. The molecule has 0 fully saturated rings. The van der Waals surface area contributed by atoms with Crippen LogP contribution in [0.3, 0.4) is 0 Å². The number of ketones is 1. The molecule has 22 heavy (non-hydrogen) atoms. The third kappa shape index (κ3) is 2.69. The molecule has 0 spiro atoms. The van der Waals surface area contributed by atoms with Crippen LogP contribution in [-0.4, -0.2) is 23.3 Å². The summed E-state index contributed by atoms with van der Waals surface area (Å²) < 4.78 is 0. The number of halogens is 1. The number of carbonyl (C=O) groups excluding carboxylic acids is 1. The number of rotatable bonds is 3. The van der Waals surface area contributed by atoms with Crippen molar-refractivity contribution in [3.8, 4) is 0 Å². The summed E-state index contributed by atoms with van der Waals surface area (Å²) in [5.74, 6) is -0.315. The summed E-state index contributed by atoms with van der Waals surface area (Å²) in [6.45, 7) is 0. The Morgan fingerprint density at radius 1 is 0.909 bits per heavy atom. The smallest absolute Gasteiger partial charge is 0.199 e. The molecule has 0 bridgehead atoms. The Hall–Kier alpha value is -2.72. The minimum absolute atomic E-state index is 0.0638. The first-order chi connectivity index (χ1) is 10.7. The maximum Gasteiger partial charge on any atom is 0.199 e. The van der Waals surface area contributed by atoms with Crippen molar-refractivity contribution in [2.24, 2.45) is 10.2 Å². The zero-order valence-corrected chi connectivity index (χ0v) is 12.2. The molecule has 0 saturated heterocycles. The minimum Gasteiger partial charge on any atom is -0.506 e. The number of aliphatic hydroxyl groups is 1. The van der Waals surface area contributed by atoms with Crippen molar-refractivity contribution in [1.29, 1.82) is 0 Å². The molecule has 2 aromatic carbocycles. The zero-order chi connectivity index (χ0) is 15.5. The van der Waals surface area contributed by atoms with E-state index < -0.39 is 0 Å². The Balaban J connectivity index is 1.78. The normalized spacial score (nSPS) is 14.3. The number of Topliss-reactive ketones (excluding diaryl/α,β-unsaturated/α-hetero) is 1. The third-order valence-electron chi connectivity index (χ3n) is 3.26. The molecule has 0 saturated carbocycles. The van der Waals surface area contributed by atoms with Crippen molar-refractivity contribution in [3.05, 3.63) is 75.8 Å². The average molecular weight is 311 g/mol. The van der Waals surface area contributed by atoms with Gasteiger partial charge in [-0.15, -0.1) is 0 Å². The Morgan fingerprint density at radius 3 is 2.23 bits per heavy atom. The number of allylic oxidation sites excluding steroid dienone is 1. The summed E-state index contributed by atoms with van der Waals surface area (Å²) >= 11 is 5.79. The lowest BCUT2D eigenvalue weighted by atomic mass is 10.1. The number of aliphatic hydroxyl groups excluding tert-OH is 1. The predicted octanol–water partition coefficient (Wildman–Crippen LogP) is 3.91. The number of hydrogen-bond acceptors (Lipinski definition) is 4. The van der Waals surface area contributed by atoms with Crippen molar-refractivity contribution in [2.45, 2.75) is 0 Å². The topological polar surface area (TPSA) is 62.0 Å². The predicted molar refractivity (Wildman–Crippen MR) is 87.9 cm³/mol. The van der Waals surface area contributed by atoms with Crippen LogP contribution in [0.5, 0.6) is 0 Å². The molecule has 2 aromatic rings. The van der Waals surface area contributed by atoms with E-state index in [9.17, 15) is 9.90 Å². The van der Waals surface area contributed by atoms with Crippen molar-refractivity contribution in [2.75, 3.05) is 0 Å². The number of fused-ring (bicyclic) bond motifs is 1. The molecular formula is C17H11ClN2O2. The largest absolute Gasteiger partial charge is 0.506 e. The first-order valence-corrected chi connectivity index (χ1v) is 6.94. The van der Waals surface area contributed by atoms with Crippen LogP contribution >= 0.6 is 11.6 Å². The number of nitrogens with zero attached hydrogens (tertiary/aromatic N) is 2. The first-order valence-electron chi connectivity index (χ1n) is 6.56. The second-order valence-electron chi connectivity index (χ2n) is 4.68. The standard InChI is InChI=1S/C17H11ClN2O2/c18-12-7-5-11(6-8-12)9-19-20-10-15-16(21)13-3-1-2-4-14(13)17(15)22/h1-10,21H/b19-9+,20-10+. The van der Waals surface area contributed by atoms with Gasteiger partial charge in [0.05, 0.1) is 18.0 Å². The molecule has 1 N–H and O–H groups in total. The van der Waals surface area contributed by atoms with E-state index in [2.05, 4.69) is 10.2 Å². The van der Waals surface area contributed by atoms with E-state index >= 15 is 0 Å². The van der Waals surface area contributed by atoms with Gasteiger partial charge in [-0.05, 0) is 17.7 Å². The van der Waals surface area contributed by atoms with Gasteiger partial charge >= 0.3 is 0 Å². The van der Waals surface area contributed by atoms with Gasteiger partial charge in [-0.3, -0.25) is 4.79 Å². The maximum atomic E-state index is 12.1. The van der Waals surface area contributed by atoms with Crippen LogP contribution in [0.1, 0.15) is 21.5 Å². The second kappa shape index (κ2) is 5.95. The summed E-state index contributed by atoms with van der Waals surface area (Å²) in [4.78, 5) is 12.1. The van der Waals surface area contributed by atoms with Crippen LogP contribution in [0.25, 0.3) is 5.76 Å². The highest BCUT2D eigenvalue weighted by molar-refractivity contribution is 6.31. The number of carbonyl (C=O) groups is 1. The molecule has 0 amide bonds. The molecule has 0 radical (unpaired) electrons. The lowest BCUT2D eigenvalue weighted by Crippen LogP contribution is -1.99. The Bertz CT molecular complexity index is 821. The van der Waals surface area contributed by atoms with Crippen molar-refractivity contribution in [3.63, 3.8) is 0 Å². The Kier molecular flexibility index (Phi) is 3.85. The molecule has 0 unspecified atom stereocenters. The van der Waals surface area contributed by atoms with Gasteiger partial charge in [-0.1, -0.05) is 48.0 Å². The quantitative estimate of drug-likeness (QED) is 0.690. The van der Waals surface area contributed by atoms with Crippen LogP contribution in [0.4, 0.5) is 0 Å². The van der Waals surface area contributed by atoms with E-state index in [4.69, 9.17) is 11.6 Å². The fourth-order valence-electron chi connectivity index (χ4n) is 2.15. The molecule has 1 aliphatic carbocycles. The van der Waals surface area contributed by atoms with E-state index in [1.54, 1.807) is 48.5 Å². The molecule has 0 atom stereocenters. The van der Waals surface area contributed by atoms with Gasteiger partial charge in [0.2, 0.25) is 0 Å². The molecule has 5 heteroatoms. The van der Waals surface area contributed by atoms with Crippen LogP contribution in [0, 0.1) is 0 Å². The van der Waals surface area contributed by atoms with Crippen molar-refractivity contribution >= 4 is 35.6 Å². The SMILES string of the molecule is O=C1C(/C=N/N=C/c2ccc(Cl)cc2)=C(O)c2ccccc21. The Morgan fingerprint density at radius 2 is 1.55 bits per heavy atom. The highest BCUT2D eigenvalue weighted by Crippen LogP contribution is 2.29. The molecule has 0 aliphatic heterocycles. The van der Waals surface area contributed by atoms with Crippen LogP contribution in [0.2, 0.25) is 5.02 Å². The van der Waals surface area contributed by atoms with Gasteiger partial charge in [0.15, 0.2) is 5.78 Å². The monoisotopic (exact) mass is 310 g/mol. The van der Waals surface area contributed by atoms with Gasteiger partial charge in [0.1, 0.15) is 5.76 Å². The molecule has 1 aliphatic rings. The van der Waals surface area contributed by atoms with Gasteiger partial charge in [-0.25, -0.2) is 0 Å². The van der Waals surface area contributed by atoms with E-state index in [1.807, 2.05) is 0 Å². The third-order valence-corrected chi connectivity index (χ3v) is 3.51. The summed E-state index contributed by atoms with van der Waals surface area (Å²) in [6, 6.07) is 14.0. The fourth-order valence-corrected chi connectivity index (χ4v) is 2.27. The van der Waals surface area contributed by atoms with Gasteiger partial charge in [0, 0.05) is 16.1 Å². The van der Waals surface area contributed by atoms with E-state index in [0.717, 1.165) is 5.56 Å². The second-order valence-corrected chi connectivity index (χ2v) is 5.11. The summed E-state index contributed by atoms with van der Waals surface area (Å²) in [5, 5.41) is 18.4. The zero-order valence-electron chi connectivity index (χ0n) is 11.4. The van der Waals surface area contributed by atoms with E-state index in [-0.39, 0.29) is 17.1 Å². The molecule has 4 nitrogen and oxygen atoms in total. The average Bonchev–Trinajstić information content (AvgIpc) is 2.78. The minimum atomic E-state index is -0.251. The molecule has 3 rings (SSSR count). The fraction of sp³-hybridized carbons (Fsp3) is 0. The van der Waals surface area contributed by atoms with Gasteiger partial charge < -0.3 is 5.11 Å². The summed E-state index contributed by atoms with van der Waals surface area (Å²) in [7, 11) is 0. The highest BCUT2D eigenvalue weighted by Gasteiger charge is 2.27. The number of benzene rings is 2.